The molecule has 0 atom stereocenters. The van der Waals surface area contributed by atoms with Crippen molar-refractivity contribution in [3.05, 3.63) is 53.3 Å². The lowest BCUT2D eigenvalue weighted by atomic mass is 10.0. The van der Waals surface area contributed by atoms with Crippen LogP contribution in [0.3, 0.4) is 0 Å². The molecule has 0 heterocycles. The lowest BCUT2D eigenvalue weighted by Crippen LogP contribution is -1.87. The number of phenols is 1. The zero-order valence-electron chi connectivity index (χ0n) is 9.24. The second-order valence-corrected chi connectivity index (χ2v) is 3.81. The van der Waals surface area contributed by atoms with Crippen LogP contribution in [0.2, 0.25) is 0 Å². The lowest BCUT2D eigenvalue weighted by Gasteiger charge is -2.06. The first kappa shape index (κ1) is 11.2. The molecule has 0 aliphatic rings. The van der Waals surface area contributed by atoms with Crippen LogP contribution in [0.1, 0.15) is 11.1 Å². The van der Waals surface area contributed by atoms with Crippen LogP contribution in [-0.4, -0.2) is 5.11 Å². The highest BCUT2D eigenvalue weighted by Crippen LogP contribution is 2.27. The summed E-state index contributed by atoms with van der Waals surface area (Å²) in [7, 11) is 0. The quantitative estimate of drug-likeness (QED) is 0.811. The van der Waals surface area contributed by atoms with Crippen LogP contribution in [0.15, 0.2) is 36.4 Å². The highest BCUT2D eigenvalue weighted by Gasteiger charge is 2.07. The van der Waals surface area contributed by atoms with Crippen LogP contribution < -0.4 is 0 Å². The van der Waals surface area contributed by atoms with Crippen LogP contribution >= 0.6 is 0 Å². The number of benzene rings is 2. The fourth-order valence-corrected chi connectivity index (χ4v) is 1.64. The molecule has 0 unspecified atom stereocenters. The van der Waals surface area contributed by atoms with Crippen molar-refractivity contribution in [3.8, 4) is 22.9 Å². The van der Waals surface area contributed by atoms with Gasteiger partial charge in [-0.2, -0.15) is 5.26 Å². The van der Waals surface area contributed by atoms with E-state index >= 15 is 0 Å². The van der Waals surface area contributed by atoms with E-state index in [0.29, 0.717) is 22.3 Å². The van der Waals surface area contributed by atoms with Gasteiger partial charge in [-0.1, -0.05) is 12.1 Å². The third kappa shape index (κ3) is 2.11. The third-order valence-corrected chi connectivity index (χ3v) is 2.61. The number of aromatic hydroxyl groups is 1. The van der Waals surface area contributed by atoms with Crippen molar-refractivity contribution in [3.63, 3.8) is 0 Å². The van der Waals surface area contributed by atoms with Gasteiger partial charge >= 0.3 is 0 Å². The van der Waals surface area contributed by atoms with Crippen LogP contribution in [0.25, 0.3) is 11.1 Å². The zero-order chi connectivity index (χ0) is 12.4. The Bertz CT molecular complexity index is 614. The second-order valence-electron chi connectivity index (χ2n) is 3.81. The number of phenolic OH excluding ortho intramolecular Hbond substituents is 1. The van der Waals surface area contributed by atoms with E-state index in [4.69, 9.17) is 5.26 Å². The van der Waals surface area contributed by atoms with Gasteiger partial charge in [0.1, 0.15) is 11.6 Å². The molecule has 0 aliphatic heterocycles. The predicted octanol–water partition coefficient (Wildman–Crippen LogP) is 3.38. The van der Waals surface area contributed by atoms with E-state index in [9.17, 15) is 9.50 Å². The Hall–Kier alpha value is -2.34. The molecule has 0 aliphatic carbocycles. The van der Waals surface area contributed by atoms with Gasteiger partial charge in [-0.25, -0.2) is 4.39 Å². The van der Waals surface area contributed by atoms with Crippen molar-refractivity contribution in [2.45, 2.75) is 6.92 Å². The monoisotopic (exact) mass is 227 g/mol. The highest BCUT2D eigenvalue weighted by atomic mass is 19.1. The van der Waals surface area contributed by atoms with Gasteiger partial charge < -0.3 is 5.11 Å². The summed E-state index contributed by atoms with van der Waals surface area (Å²) < 4.78 is 13.7. The molecule has 0 saturated heterocycles. The first-order valence-electron chi connectivity index (χ1n) is 5.11. The van der Waals surface area contributed by atoms with E-state index < -0.39 is 5.82 Å². The minimum absolute atomic E-state index is 0.183. The molecule has 2 rings (SSSR count). The highest BCUT2D eigenvalue weighted by molar-refractivity contribution is 5.67. The van der Waals surface area contributed by atoms with Gasteiger partial charge in [-0.15, -0.1) is 0 Å². The normalized spacial score (nSPS) is 9.94. The number of nitrogens with zero attached hydrogens (tertiary/aromatic N) is 1. The van der Waals surface area contributed by atoms with Crippen LogP contribution in [0, 0.1) is 24.1 Å². The Balaban J connectivity index is 2.54. The number of hydrogen-bond acceptors (Lipinski definition) is 2. The molecular formula is C14H10FNO. The van der Waals surface area contributed by atoms with Gasteiger partial charge in [0.2, 0.25) is 0 Å². The zero-order valence-corrected chi connectivity index (χ0v) is 9.24. The molecule has 0 amide bonds. The maximum absolute atomic E-state index is 13.7. The first-order chi connectivity index (χ1) is 8.11. The Labute approximate surface area is 98.6 Å². The van der Waals surface area contributed by atoms with Gasteiger partial charge in [0.15, 0.2) is 0 Å². The molecular weight excluding hydrogens is 217 g/mol. The van der Waals surface area contributed by atoms with E-state index in [1.165, 1.54) is 12.1 Å². The molecule has 0 bridgehead atoms. The average Bonchev–Trinajstić information content (AvgIpc) is 2.32. The van der Waals surface area contributed by atoms with Crippen molar-refractivity contribution in [2.75, 3.05) is 0 Å². The second kappa shape index (κ2) is 4.26. The van der Waals surface area contributed by atoms with Gasteiger partial charge in [-0.3, -0.25) is 0 Å². The first-order valence-corrected chi connectivity index (χ1v) is 5.11. The maximum Gasteiger partial charge on any atom is 0.132 e. The summed E-state index contributed by atoms with van der Waals surface area (Å²) in [5, 5.41) is 18.1. The predicted molar refractivity (Wildman–Crippen MR) is 63.0 cm³/mol. The van der Waals surface area contributed by atoms with Gasteiger partial charge in [0.25, 0.3) is 0 Å². The molecule has 0 radical (unpaired) electrons. The van der Waals surface area contributed by atoms with E-state index in [-0.39, 0.29) is 5.75 Å². The molecule has 0 aromatic heterocycles. The molecule has 2 aromatic rings. The van der Waals surface area contributed by atoms with Crippen molar-refractivity contribution in [1.29, 1.82) is 5.26 Å². The molecule has 0 saturated carbocycles. The van der Waals surface area contributed by atoms with Crippen LogP contribution in [0.4, 0.5) is 4.39 Å². The third-order valence-electron chi connectivity index (χ3n) is 2.61. The van der Waals surface area contributed by atoms with Crippen molar-refractivity contribution >= 4 is 0 Å². The summed E-state index contributed by atoms with van der Waals surface area (Å²) in [6.45, 7) is 1.75. The molecule has 2 aromatic carbocycles. The summed E-state index contributed by atoms with van der Waals surface area (Å²) >= 11 is 0. The minimum Gasteiger partial charge on any atom is -0.508 e. The van der Waals surface area contributed by atoms with Gasteiger partial charge in [-0.05, 0) is 42.3 Å². The number of nitriles is 1. The largest absolute Gasteiger partial charge is 0.508 e. The fourth-order valence-electron chi connectivity index (χ4n) is 1.64. The SMILES string of the molecule is Cc1cc(-c2ccc(C#N)cc2F)ccc1O. The van der Waals surface area contributed by atoms with Gasteiger partial charge in [0.05, 0.1) is 11.6 Å². The van der Waals surface area contributed by atoms with E-state index in [1.54, 1.807) is 31.2 Å². The van der Waals surface area contributed by atoms with Crippen molar-refractivity contribution in [2.24, 2.45) is 0 Å². The molecule has 84 valence electrons. The fraction of sp³-hybridized carbons (Fsp3) is 0.0714. The molecule has 3 heteroatoms. The maximum atomic E-state index is 13.7. The molecule has 0 spiro atoms. The Kier molecular flexibility index (Phi) is 2.80. The molecule has 1 N–H and O–H groups in total. The van der Waals surface area contributed by atoms with Crippen LogP contribution in [-0.2, 0) is 0 Å². The van der Waals surface area contributed by atoms with Crippen molar-refractivity contribution in [1.82, 2.24) is 0 Å². The van der Waals surface area contributed by atoms with E-state index in [1.807, 2.05) is 6.07 Å². The topological polar surface area (TPSA) is 44.0 Å². The Morgan fingerprint density at radius 3 is 2.53 bits per heavy atom. The molecule has 0 fully saturated rings. The van der Waals surface area contributed by atoms with Crippen molar-refractivity contribution < 1.29 is 9.50 Å². The standard InChI is InChI=1S/C14H10FNO/c1-9-6-11(3-5-14(9)17)12-4-2-10(8-16)7-13(12)15/h2-7,17H,1H3. The molecule has 17 heavy (non-hydrogen) atoms. The summed E-state index contributed by atoms with van der Waals surface area (Å²) in [6, 6.07) is 11.1. The number of hydrogen-bond donors (Lipinski definition) is 1. The van der Waals surface area contributed by atoms with Gasteiger partial charge in [0, 0.05) is 5.56 Å². The van der Waals surface area contributed by atoms with E-state index in [2.05, 4.69) is 0 Å². The Morgan fingerprint density at radius 1 is 1.18 bits per heavy atom. The summed E-state index contributed by atoms with van der Waals surface area (Å²) in [6.07, 6.45) is 0. The lowest BCUT2D eigenvalue weighted by molar-refractivity contribution is 0.471. The molecule has 2 nitrogen and oxygen atoms in total. The number of halogens is 1. The minimum atomic E-state index is -0.436. The number of aryl methyl sites for hydroxylation is 1. The average molecular weight is 227 g/mol. The number of rotatable bonds is 1. The van der Waals surface area contributed by atoms with Crippen LogP contribution in [0.5, 0.6) is 5.75 Å². The summed E-state index contributed by atoms with van der Waals surface area (Å²) in [5.41, 5.74) is 2.09. The summed E-state index contributed by atoms with van der Waals surface area (Å²) in [4.78, 5) is 0. The Morgan fingerprint density at radius 2 is 1.94 bits per heavy atom. The summed E-state index contributed by atoms with van der Waals surface area (Å²) in [5.74, 6) is -0.253. The van der Waals surface area contributed by atoms with E-state index in [0.717, 1.165) is 0 Å². The smallest absolute Gasteiger partial charge is 0.132 e.